The van der Waals surface area contributed by atoms with Crippen LogP contribution in [-0.4, -0.2) is 41.5 Å². The number of esters is 1. The number of aromatic nitrogens is 2. The molecule has 0 aliphatic heterocycles. The Kier molecular flexibility index (Phi) is 5.71. The summed E-state index contributed by atoms with van der Waals surface area (Å²) in [5.74, 6) is -0.185. The van der Waals surface area contributed by atoms with Gasteiger partial charge in [-0.15, -0.1) is 0 Å². The first-order valence-electron chi connectivity index (χ1n) is 8.57. The number of amides is 1. The molecule has 0 bridgehead atoms. The van der Waals surface area contributed by atoms with Gasteiger partial charge in [-0.25, -0.2) is 9.78 Å². The van der Waals surface area contributed by atoms with Crippen molar-refractivity contribution in [3.05, 3.63) is 65.6 Å². The first-order chi connectivity index (χ1) is 13.0. The van der Waals surface area contributed by atoms with E-state index in [1.807, 2.05) is 49.5 Å². The molecule has 1 N–H and O–H groups in total. The van der Waals surface area contributed by atoms with Gasteiger partial charge in [-0.05, 0) is 48.7 Å². The molecule has 0 fully saturated rings. The zero-order valence-corrected chi connectivity index (χ0v) is 15.3. The van der Waals surface area contributed by atoms with E-state index in [1.165, 1.54) is 0 Å². The number of methoxy groups -OCH3 is 1. The third-order valence-corrected chi connectivity index (χ3v) is 4.05. The minimum atomic E-state index is -0.623. The molecule has 2 aromatic heterocycles. The third-order valence-electron chi connectivity index (χ3n) is 4.05. The molecule has 27 heavy (non-hydrogen) atoms. The number of pyridine rings is 1. The van der Waals surface area contributed by atoms with Gasteiger partial charge in [-0.2, -0.15) is 0 Å². The second kappa shape index (κ2) is 8.35. The van der Waals surface area contributed by atoms with E-state index in [-0.39, 0.29) is 18.2 Å². The predicted molar refractivity (Wildman–Crippen MR) is 99.9 cm³/mol. The highest BCUT2D eigenvalue weighted by Gasteiger charge is 2.14. The summed E-state index contributed by atoms with van der Waals surface area (Å²) < 4.78 is 11.9. The van der Waals surface area contributed by atoms with Gasteiger partial charge in [0, 0.05) is 18.9 Å². The van der Waals surface area contributed by atoms with Crippen LogP contribution in [0.2, 0.25) is 0 Å². The molecule has 0 aliphatic rings. The van der Waals surface area contributed by atoms with E-state index in [1.54, 1.807) is 17.7 Å². The van der Waals surface area contributed by atoms with E-state index >= 15 is 0 Å². The normalized spacial score (nSPS) is 10.6. The number of hydrogen-bond donors (Lipinski definition) is 1. The molecule has 3 aromatic rings. The number of aryl methyl sites for hydroxylation is 1. The topological polar surface area (TPSA) is 81.9 Å². The van der Waals surface area contributed by atoms with Crippen molar-refractivity contribution in [3.8, 4) is 5.75 Å². The van der Waals surface area contributed by atoms with Gasteiger partial charge in [-0.1, -0.05) is 12.1 Å². The van der Waals surface area contributed by atoms with Crippen LogP contribution in [0.3, 0.4) is 0 Å². The molecular formula is C20H21N3O4. The highest BCUT2D eigenvalue weighted by atomic mass is 16.5. The molecule has 140 valence electrons. The van der Waals surface area contributed by atoms with E-state index in [4.69, 9.17) is 9.47 Å². The van der Waals surface area contributed by atoms with Crippen molar-refractivity contribution in [3.63, 3.8) is 0 Å². The smallest absolute Gasteiger partial charge is 0.359 e. The Hall–Kier alpha value is -3.35. The summed E-state index contributed by atoms with van der Waals surface area (Å²) in [5, 5.41) is 2.73. The van der Waals surface area contributed by atoms with E-state index in [9.17, 15) is 9.59 Å². The highest BCUT2D eigenvalue weighted by Crippen LogP contribution is 2.11. The lowest BCUT2D eigenvalue weighted by atomic mass is 10.1. The number of ether oxygens (including phenoxy) is 2. The summed E-state index contributed by atoms with van der Waals surface area (Å²) in [6.45, 7) is 2.06. The fourth-order valence-corrected chi connectivity index (χ4v) is 2.58. The van der Waals surface area contributed by atoms with Gasteiger partial charge in [0.15, 0.2) is 12.3 Å². The van der Waals surface area contributed by atoms with Crippen LogP contribution in [0.1, 0.15) is 21.6 Å². The fourth-order valence-electron chi connectivity index (χ4n) is 2.58. The Morgan fingerprint density at radius 2 is 1.96 bits per heavy atom. The average Bonchev–Trinajstić information content (AvgIpc) is 3.10. The van der Waals surface area contributed by atoms with Gasteiger partial charge in [0.25, 0.3) is 5.91 Å². The molecule has 1 aromatic carbocycles. The number of nitrogens with zero attached hydrogens (tertiary/aromatic N) is 2. The SMILES string of the molecule is COc1ccc(CCNC(=O)COC(=O)c2cn3ccc(C)cc3n2)cc1. The Labute approximate surface area is 156 Å². The van der Waals surface area contributed by atoms with E-state index in [0.717, 1.165) is 16.9 Å². The highest BCUT2D eigenvalue weighted by molar-refractivity contribution is 5.90. The minimum Gasteiger partial charge on any atom is -0.497 e. The maximum atomic E-state index is 12.1. The lowest BCUT2D eigenvalue weighted by molar-refractivity contribution is -0.124. The third kappa shape index (κ3) is 4.84. The summed E-state index contributed by atoms with van der Waals surface area (Å²) in [5.41, 5.74) is 2.95. The van der Waals surface area contributed by atoms with Gasteiger partial charge in [0.2, 0.25) is 0 Å². The zero-order valence-electron chi connectivity index (χ0n) is 15.3. The number of fused-ring (bicyclic) bond motifs is 1. The first-order valence-corrected chi connectivity index (χ1v) is 8.57. The van der Waals surface area contributed by atoms with Crippen LogP contribution in [0.25, 0.3) is 5.65 Å². The van der Waals surface area contributed by atoms with Crippen LogP contribution < -0.4 is 10.1 Å². The average molecular weight is 367 g/mol. The van der Waals surface area contributed by atoms with Crippen LogP contribution >= 0.6 is 0 Å². The van der Waals surface area contributed by atoms with Crippen LogP contribution in [0.5, 0.6) is 5.75 Å². The molecule has 2 heterocycles. The summed E-state index contributed by atoms with van der Waals surface area (Å²) in [7, 11) is 1.61. The Morgan fingerprint density at radius 3 is 2.70 bits per heavy atom. The van der Waals surface area contributed by atoms with E-state index < -0.39 is 5.97 Å². The molecule has 0 spiro atoms. The lowest BCUT2D eigenvalue weighted by Gasteiger charge is -2.06. The number of hydrogen-bond acceptors (Lipinski definition) is 5. The quantitative estimate of drug-likeness (QED) is 0.647. The van der Waals surface area contributed by atoms with Crippen molar-refractivity contribution in [2.45, 2.75) is 13.3 Å². The molecule has 0 unspecified atom stereocenters. The standard InChI is InChI=1S/C20H21N3O4/c1-14-8-10-23-12-17(22-18(23)11-14)20(25)27-13-19(24)21-9-7-15-3-5-16(26-2)6-4-15/h3-6,8,10-12H,7,9,13H2,1-2H3,(H,21,24). The number of nitrogens with one attached hydrogen (secondary N) is 1. The van der Waals surface area contributed by atoms with Gasteiger partial charge >= 0.3 is 5.97 Å². The Bertz CT molecular complexity index is 948. The summed E-state index contributed by atoms with van der Waals surface area (Å²) in [6, 6.07) is 11.4. The van der Waals surface area contributed by atoms with E-state index in [2.05, 4.69) is 10.3 Å². The van der Waals surface area contributed by atoms with E-state index in [0.29, 0.717) is 18.6 Å². The number of carbonyl (C=O) groups excluding carboxylic acids is 2. The Morgan fingerprint density at radius 1 is 1.19 bits per heavy atom. The van der Waals surface area contributed by atoms with Crippen molar-refractivity contribution in [1.82, 2.24) is 14.7 Å². The van der Waals surface area contributed by atoms with Gasteiger partial charge in [-0.3, -0.25) is 4.79 Å². The van der Waals surface area contributed by atoms with Crippen LogP contribution in [-0.2, 0) is 16.0 Å². The fraction of sp³-hybridized carbons (Fsp3) is 0.250. The molecule has 0 radical (unpaired) electrons. The maximum absolute atomic E-state index is 12.1. The molecule has 3 rings (SSSR count). The molecule has 7 heteroatoms. The molecule has 0 atom stereocenters. The first kappa shape index (κ1) is 18.4. The largest absolute Gasteiger partial charge is 0.497 e. The second-order valence-corrected chi connectivity index (χ2v) is 6.12. The molecular weight excluding hydrogens is 346 g/mol. The number of rotatable bonds is 7. The minimum absolute atomic E-state index is 0.173. The predicted octanol–water partition coefficient (Wildman–Crippen LogP) is 2.17. The summed E-state index contributed by atoms with van der Waals surface area (Å²) in [6.07, 6.45) is 4.08. The lowest BCUT2D eigenvalue weighted by Crippen LogP contribution is -2.30. The summed E-state index contributed by atoms with van der Waals surface area (Å²) in [4.78, 5) is 28.1. The van der Waals surface area contributed by atoms with Crippen molar-refractivity contribution >= 4 is 17.5 Å². The molecule has 0 aliphatic carbocycles. The second-order valence-electron chi connectivity index (χ2n) is 6.12. The van der Waals surface area contributed by atoms with Crippen LogP contribution in [0.4, 0.5) is 0 Å². The van der Waals surface area contributed by atoms with Crippen molar-refractivity contribution in [2.75, 3.05) is 20.3 Å². The molecule has 7 nitrogen and oxygen atoms in total. The number of carbonyl (C=O) groups is 2. The van der Waals surface area contributed by atoms with Crippen molar-refractivity contribution in [2.24, 2.45) is 0 Å². The zero-order chi connectivity index (χ0) is 19.2. The van der Waals surface area contributed by atoms with Crippen LogP contribution in [0, 0.1) is 6.92 Å². The van der Waals surface area contributed by atoms with Gasteiger partial charge in [0.05, 0.1) is 7.11 Å². The number of imidazole rings is 1. The monoisotopic (exact) mass is 367 g/mol. The van der Waals surface area contributed by atoms with Crippen LogP contribution in [0.15, 0.2) is 48.8 Å². The van der Waals surface area contributed by atoms with Crippen molar-refractivity contribution < 1.29 is 19.1 Å². The summed E-state index contributed by atoms with van der Waals surface area (Å²) >= 11 is 0. The molecule has 1 amide bonds. The number of benzene rings is 1. The van der Waals surface area contributed by atoms with Gasteiger partial charge < -0.3 is 19.2 Å². The van der Waals surface area contributed by atoms with Gasteiger partial charge in [0.1, 0.15) is 11.4 Å². The maximum Gasteiger partial charge on any atom is 0.359 e. The Balaban J connectivity index is 1.44. The molecule has 0 saturated heterocycles. The van der Waals surface area contributed by atoms with Crippen molar-refractivity contribution in [1.29, 1.82) is 0 Å². The molecule has 0 saturated carbocycles.